The van der Waals surface area contributed by atoms with E-state index in [1.54, 1.807) is 7.11 Å². The number of methoxy groups -OCH3 is 1. The minimum Gasteiger partial charge on any atom is -0.496 e. The van der Waals surface area contributed by atoms with Crippen LogP contribution >= 0.6 is 0 Å². The van der Waals surface area contributed by atoms with E-state index in [9.17, 15) is 9.90 Å². The Morgan fingerprint density at radius 1 is 1.03 bits per heavy atom. The summed E-state index contributed by atoms with van der Waals surface area (Å²) in [7, 11) is 1.70. The predicted octanol–water partition coefficient (Wildman–Crippen LogP) is 2.45. The lowest BCUT2D eigenvalue weighted by Gasteiger charge is -2.57. The lowest BCUT2D eigenvalue weighted by atomic mass is 9.74. The van der Waals surface area contributed by atoms with Gasteiger partial charge in [-0.15, -0.1) is 0 Å². The number of hydrogen-bond donors (Lipinski definition) is 1. The average molecular weight is 480 g/mol. The first-order chi connectivity index (χ1) is 17.2. The van der Waals surface area contributed by atoms with Gasteiger partial charge in [-0.2, -0.15) is 0 Å². The molecule has 0 saturated carbocycles. The van der Waals surface area contributed by atoms with Crippen LogP contribution in [0.25, 0.3) is 11.1 Å². The lowest BCUT2D eigenvalue weighted by Crippen LogP contribution is -2.68. The number of fused-ring (bicyclic) bond motifs is 1. The number of nitrogens with zero attached hydrogens (tertiary/aromatic N) is 3. The van der Waals surface area contributed by atoms with Gasteiger partial charge in [0, 0.05) is 49.7 Å². The van der Waals surface area contributed by atoms with E-state index in [0.29, 0.717) is 19.8 Å². The third-order valence-corrected chi connectivity index (χ3v) is 7.90. The largest absolute Gasteiger partial charge is 0.496 e. The maximum Gasteiger partial charge on any atom is 0.236 e. The molecule has 3 heterocycles. The van der Waals surface area contributed by atoms with Crippen molar-refractivity contribution in [1.82, 2.24) is 14.7 Å². The van der Waals surface area contributed by atoms with Crippen molar-refractivity contribution in [3.8, 4) is 16.9 Å². The zero-order valence-electron chi connectivity index (χ0n) is 20.6. The number of amides is 1. The molecule has 0 aromatic heterocycles. The van der Waals surface area contributed by atoms with Gasteiger partial charge < -0.3 is 19.5 Å². The van der Waals surface area contributed by atoms with Gasteiger partial charge in [0.15, 0.2) is 0 Å². The average Bonchev–Trinajstić information content (AvgIpc) is 2.88. The summed E-state index contributed by atoms with van der Waals surface area (Å²) in [6.07, 6.45) is 2.06. The monoisotopic (exact) mass is 479 g/mol. The summed E-state index contributed by atoms with van der Waals surface area (Å²) in [5.41, 5.74) is 3.41. The van der Waals surface area contributed by atoms with Crippen LogP contribution in [0.4, 0.5) is 0 Å². The van der Waals surface area contributed by atoms with Crippen LogP contribution in [0.2, 0.25) is 0 Å². The molecule has 3 atom stereocenters. The van der Waals surface area contributed by atoms with Gasteiger partial charge in [-0.1, -0.05) is 42.5 Å². The number of morpholine rings is 1. The number of rotatable bonds is 6. The first kappa shape index (κ1) is 24.3. The Kier molecular flexibility index (Phi) is 7.68. The molecule has 1 N–H and O–H groups in total. The first-order valence-electron chi connectivity index (χ1n) is 12.9. The number of benzene rings is 2. The highest BCUT2D eigenvalue weighted by atomic mass is 16.5. The van der Waals surface area contributed by atoms with Crippen molar-refractivity contribution in [3.63, 3.8) is 0 Å². The predicted molar refractivity (Wildman–Crippen MR) is 136 cm³/mol. The molecule has 0 unspecified atom stereocenters. The van der Waals surface area contributed by atoms with E-state index < -0.39 is 0 Å². The van der Waals surface area contributed by atoms with Crippen molar-refractivity contribution in [1.29, 1.82) is 0 Å². The Morgan fingerprint density at radius 2 is 1.77 bits per heavy atom. The summed E-state index contributed by atoms with van der Waals surface area (Å²) in [6.45, 7) is 6.18. The highest BCUT2D eigenvalue weighted by molar-refractivity contribution is 5.78. The number of ether oxygens (including phenoxy) is 2. The molecule has 1 amide bonds. The van der Waals surface area contributed by atoms with Gasteiger partial charge in [0.1, 0.15) is 5.75 Å². The molecule has 0 radical (unpaired) electrons. The molecular formula is C28H37N3O4. The molecule has 2 aromatic carbocycles. The second-order valence-corrected chi connectivity index (χ2v) is 9.84. The Balaban J connectivity index is 1.33. The Bertz CT molecular complexity index is 992. The summed E-state index contributed by atoms with van der Waals surface area (Å²) >= 11 is 0. The molecule has 188 valence electrons. The van der Waals surface area contributed by atoms with Crippen LogP contribution in [0.1, 0.15) is 24.3 Å². The Hall–Kier alpha value is -2.45. The van der Waals surface area contributed by atoms with Gasteiger partial charge in [-0.05, 0) is 36.6 Å². The summed E-state index contributed by atoms with van der Waals surface area (Å²) in [6, 6.07) is 17.1. The van der Waals surface area contributed by atoms with Gasteiger partial charge in [-0.25, -0.2) is 0 Å². The highest BCUT2D eigenvalue weighted by Gasteiger charge is 2.49. The second kappa shape index (κ2) is 11.1. The summed E-state index contributed by atoms with van der Waals surface area (Å²) in [5.74, 6) is 1.28. The molecule has 7 nitrogen and oxygen atoms in total. The number of aliphatic hydroxyl groups excluding tert-OH is 1. The van der Waals surface area contributed by atoms with Crippen LogP contribution in [-0.2, 0) is 9.53 Å². The van der Waals surface area contributed by atoms with Crippen LogP contribution < -0.4 is 4.74 Å². The molecule has 2 aromatic rings. The smallest absolute Gasteiger partial charge is 0.236 e. The molecular weight excluding hydrogens is 442 g/mol. The molecule has 5 rings (SSSR count). The number of aliphatic hydroxyl groups is 1. The normalized spacial score (nSPS) is 25.8. The highest BCUT2D eigenvalue weighted by Crippen LogP contribution is 2.42. The minimum atomic E-state index is 0.103. The Labute approximate surface area is 208 Å². The number of carbonyl (C=O) groups excluding carboxylic acids is 1. The van der Waals surface area contributed by atoms with Crippen molar-refractivity contribution in [2.24, 2.45) is 0 Å². The zero-order valence-corrected chi connectivity index (χ0v) is 20.6. The van der Waals surface area contributed by atoms with E-state index in [-0.39, 0.29) is 30.5 Å². The van der Waals surface area contributed by atoms with Gasteiger partial charge in [-0.3, -0.25) is 14.6 Å². The molecule has 3 fully saturated rings. The third-order valence-electron chi connectivity index (χ3n) is 7.90. The van der Waals surface area contributed by atoms with E-state index >= 15 is 0 Å². The van der Waals surface area contributed by atoms with Crippen LogP contribution in [0, 0.1) is 0 Å². The third kappa shape index (κ3) is 5.09. The van der Waals surface area contributed by atoms with E-state index in [1.807, 2.05) is 18.2 Å². The van der Waals surface area contributed by atoms with E-state index in [2.05, 4.69) is 45.0 Å². The summed E-state index contributed by atoms with van der Waals surface area (Å²) in [5, 5.41) is 10.3. The quantitative estimate of drug-likeness (QED) is 0.687. The number of para-hydroxylation sites is 1. The molecule has 3 aliphatic rings. The van der Waals surface area contributed by atoms with Crippen LogP contribution in [-0.4, -0.2) is 104 Å². The maximum atomic E-state index is 13.2. The van der Waals surface area contributed by atoms with Gasteiger partial charge >= 0.3 is 0 Å². The molecule has 0 spiro atoms. The molecule has 3 saturated heterocycles. The SMILES string of the molecule is COc1ccccc1-c1ccc([C@@H]2[C@H](CO)N3CCCCN(C(=O)CN4CCOCC4)C[C@@H]23)cc1. The van der Waals surface area contributed by atoms with Crippen LogP contribution in [0.3, 0.4) is 0 Å². The number of carbonyl (C=O) groups is 1. The fraction of sp³-hybridized carbons (Fsp3) is 0.536. The summed E-state index contributed by atoms with van der Waals surface area (Å²) < 4.78 is 11.0. The second-order valence-electron chi connectivity index (χ2n) is 9.84. The van der Waals surface area contributed by atoms with E-state index in [0.717, 1.165) is 62.4 Å². The van der Waals surface area contributed by atoms with E-state index in [4.69, 9.17) is 9.47 Å². The fourth-order valence-corrected chi connectivity index (χ4v) is 5.99. The van der Waals surface area contributed by atoms with Crippen molar-refractivity contribution in [2.75, 3.05) is 66.2 Å². The zero-order chi connectivity index (χ0) is 24.2. The topological polar surface area (TPSA) is 65.5 Å². The fourth-order valence-electron chi connectivity index (χ4n) is 5.99. The van der Waals surface area contributed by atoms with Gasteiger partial charge in [0.25, 0.3) is 0 Å². The maximum absolute atomic E-state index is 13.2. The van der Waals surface area contributed by atoms with Crippen molar-refractivity contribution in [2.45, 2.75) is 30.8 Å². The van der Waals surface area contributed by atoms with Gasteiger partial charge in [0.2, 0.25) is 5.91 Å². The number of hydrogen-bond acceptors (Lipinski definition) is 6. The van der Waals surface area contributed by atoms with Crippen LogP contribution in [0.5, 0.6) is 5.75 Å². The van der Waals surface area contributed by atoms with E-state index in [1.165, 1.54) is 5.56 Å². The standard InChI is InChI=1S/C28H37N3O4/c1-34-26-7-3-2-6-23(26)21-8-10-22(11-9-21)28-24-18-30(12-4-5-13-31(24)25(28)20-32)27(33)19-29-14-16-35-17-15-29/h2-3,6-11,24-25,28,32H,4-5,12-20H2,1H3/t24-,25-,28-/m0/s1. The summed E-state index contributed by atoms with van der Waals surface area (Å²) in [4.78, 5) is 19.9. The first-order valence-corrected chi connectivity index (χ1v) is 12.9. The molecule has 7 heteroatoms. The van der Waals surface area contributed by atoms with Crippen LogP contribution in [0.15, 0.2) is 48.5 Å². The van der Waals surface area contributed by atoms with Crippen molar-refractivity contribution in [3.05, 3.63) is 54.1 Å². The minimum absolute atomic E-state index is 0.103. The van der Waals surface area contributed by atoms with Gasteiger partial charge in [0.05, 0.1) is 33.5 Å². The molecule has 0 aliphatic carbocycles. The molecule has 0 bridgehead atoms. The van der Waals surface area contributed by atoms with Crippen molar-refractivity contribution < 1.29 is 19.4 Å². The lowest BCUT2D eigenvalue weighted by molar-refractivity contribution is -0.138. The van der Waals surface area contributed by atoms with Crippen molar-refractivity contribution >= 4 is 5.91 Å². The molecule has 3 aliphatic heterocycles. The molecule has 35 heavy (non-hydrogen) atoms. The Morgan fingerprint density at radius 3 is 2.51 bits per heavy atom.